The van der Waals surface area contributed by atoms with Crippen molar-refractivity contribution in [3.63, 3.8) is 0 Å². The molecular weight excluding hydrogens is 358 g/mol. The molecule has 1 amide bonds. The fraction of sp³-hybridized carbons (Fsp3) is 0.238. The van der Waals surface area contributed by atoms with Gasteiger partial charge in [-0.1, -0.05) is 0 Å². The van der Waals surface area contributed by atoms with Crippen molar-refractivity contribution in [2.24, 2.45) is 0 Å². The lowest BCUT2D eigenvalue weighted by Gasteiger charge is -2.20. The minimum absolute atomic E-state index is 0.156. The molecule has 0 spiro atoms. The maximum Gasteiger partial charge on any atom is 0.257 e. The molecule has 140 valence electrons. The van der Waals surface area contributed by atoms with Gasteiger partial charge in [-0.3, -0.25) is 10.1 Å². The van der Waals surface area contributed by atoms with Crippen LogP contribution in [0.4, 0.5) is 10.8 Å². The summed E-state index contributed by atoms with van der Waals surface area (Å²) in [5.74, 6) is 0.646. The van der Waals surface area contributed by atoms with Crippen molar-refractivity contribution in [1.29, 1.82) is 0 Å². The first-order valence-electron chi connectivity index (χ1n) is 8.91. The molecule has 1 N–H and O–H groups in total. The van der Waals surface area contributed by atoms with Gasteiger partial charge in [0, 0.05) is 35.3 Å². The first-order valence-corrected chi connectivity index (χ1v) is 9.78. The molecule has 0 saturated heterocycles. The molecule has 3 aromatic rings. The van der Waals surface area contributed by atoms with Gasteiger partial charge in [-0.05, 0) is 62.4 Å². The third-order valence-corrected chi connectivity index (χ3v) is 5.13. The van der Waals surface area contributed by atoms with E-state index in [4.69, 9.17) is 4.74 Å². The van der Waals surface area contributed by atoms with Crippen molar-refractivity contribution in [1.82, 2.24) is 4.98 Å². The number of aromatic nitrogens is 1. The van der Waals surface area contributed by atoms with Crippen LogP contribution < -0.4 is 15.0 Å². The third-order valence-electron chi connectivity index (χ3n) is 4.37. The predicted molar refractivity (Wildman–Crippen MR) is 112 cm³/mol. The highest BCUT2D eigenvalue weighted by Crippen LogP contribution is 2.27. The summed E-state index contributed by atoms with van der Waals surface area (Å²) < 4.78 is 5.17. The van der Waals surface area contributed by atoms with Crippen molar-refractivity contribution in [3.8, 4) is 17.0 Å². The van der Waals surface area contributed by atoms with Gasteiger partial charge in [-0.2, -0.15) is 0 Å². The minimum atomic E-state index is -0.156. The number of carbonyl (C=O) groups excluding carboxylic acids is 1. The molecule has 0 fully saturated rings. The molecule has 0 atom stereocenters. The van der Waals surface area contributed by atoms with Crippen molar-refractivity contribution >= 4 is 28.1 Å². The lowest BCUT2D eigenvalue weighted by atomic mass is 10.2. The van der Waals surface area contributed by atoms with E-state index in [2.05, 4.69) is 29.0 Å². The molecule has 0 radical (unpaired) electrons. The molecule has 5 nitrogen and oxygen atoms in total. The van der Waals surface area contributed by atoms with Gasteiger partial charge in [-0.15, -0.1) is 11.3 Å². The van der Waals surface area contributed by atoms with Crippen LogP contribution >= 0.6 is 11.3 Å². The van der Waals surface area contributed by atoms with Crippen molar-refractivity contribution in [3.05, 3.63) is 59.5 Å². The summed E-state index contributed by atoms with van der Waals surface area (Å²) in [5, 5.41) is 5.39. The number of hydrogen-bond donors (Lipinski definition) is 1. The van der Waals surface area contributed by atoms with Crippen LogP contribution in [0.2, 0.25) is 0 Å². The first-order chi connectivity index (χ1) is 13.1. The number of anilines is 2. The molecule has 1 aromatic heterocycles. The van der Waals surface area contributed by atoms with E-state index in [1.54, 1.807) is 7.11 Å². The number of carbonyl (C=O) groups is 1. The van der Waals surface area contributed by atoms with Crippen LogP contribution in [-0.2, 0) is 0 Å². The molecular formula is C21H23N3O2S. The quantitative estimate of drug-likeness (QED) is 0.631. The summed E-state index contributed by atoms with van der Waals surface area (Å²) in [6.45, 7) is 6.12. The molecule has 0 saturated carbocycles. The van der Waals surface area contributed by atoms with Crippen molar-refractivity contribution in [2.45, 2.75) is 13.8 Å². The van der Waals surface area contributed by atoms with Crippen LogP contribution in [-0.4, -0.2) is 31.1 Å². The summed E-state index contributed by atoms with van der Waals surface area (Å²) in [7, 11) is 1.64. The van der Waals surface area contributed by atoms with Gasteiger partial charge in [0.1, 0.15) is 5.75 Å². The Labute approximate surface area is 163 Å². The minimum Gasteiger partial charge on any atom is -0.497 e. The van der Waals surface area contributed by atoms with Gasteiger partial charge in [0.15, 0.2) is 5.13 Å². The highest BCUT2D eigenvalue weighted by Gasteiger charge is 2.11. The summed E-state index contributed by atoms with van der Waals surface area (Å²) in [6.07, 6.45) is 0. The molecule has 0 aliphatic heterocycles. The average molecular weight is 382 g/mol. The van der Waals surface area contributed by atoms with Crippen LogP contribution in [0.5, 0.6) is 5.75 Å². The molecule has 2 aromatic carbocycles. The van der Waals surface area contributed by atoms with E-state index < -0.39 is 0 Å². The van der Waals surface area contributed by atoms with Crippen LogP contribution in [0.3, 0.4) is 0 Å². The normalized spacial score (nSPS) is 10.5. The molecule has 0 aliphatic carbocycles. The number of benzene rings is 2. The number of hydrogen-bond acceptors (Lipinski definition) is 5. The summed E-state index contributed by atoms with van der Waals surface area (Å²) in [4.78, 5) is 19.2. The number of nitrogens with zero attached hydrogens (tertiary/aromatic N) is 2. The van der Waals surface area contributed by atoms with Crippen LogP contribution in [0.25, 0.3) is 11.3 Å². The van der Waals surface area contributed by atoms with E-state index >= 15 is 0 Å². The van der Waals surface area contributed by atoms with E-state index in [0.717, 1.165) is 35.8 Å². The van der Waals surface area contributed by atoms with E-state index in [9.17, 15) is 4.79 Å². The molecule has 0 unspecified atom stereocenters. The third kappa shape index (κ3) is 4.46. The summed E-state index contributed by atoms with van der Waals surface area (Å²) in [5.41, 5.74) is 3.55. The van der Waals surface area contributed by atoms with E-state index in [1.165, 1.54) is 11.3 Å². The summed E-state index contributed by atoms with van der Waals surface area (Å²) >= 11 is 1.41. The van der Waals surface area contributed by atoms with Crippen LogP contribution in [0.1, 0.15) is 24.2 Å². The van der Waals surface area contributed by atoms with Crippen molar-refractivity contribution < 1.29 is 9.53 Å². The van der Waals surface area contributed by atoms with E-state index in [1.807, 2.05) is 53.9 Å². The number of ether oxygens (including phenoxy) is 1. The Balaban J connectivity index is 1.68. The monoisotopic (exact) mass is 381 g/mol. The van der Waals surface area contributed by atoms with Gasteiger partial charge in [0.25, 0.3) is 5.91 Å². The topological polar surface area (TPSA) is 54.5 Å². The van der Waals surface area contributed by atoms with Crippen LogP contribution in [0, 0.1) is 0 Å². The van der Waals surface area contributed by atoms with E-state index in [0.29, 0.717) is 10.7 Å². The number of nitrogens with one attached hydrogen (secondary N) is 1. The Hall–Kier alpha value is -2.86. The highest BCUT2D eigenvalue weighted by atomic mass is 32.1. The Morgan fingerprint density at radius 3 is 2.33 bits per heavy atom. The van der Waals surface area contributed by atoms with Gasteiger partial charge < -0.3 is 9.64 Å². The Morgan fingerprint density at radius 2 is 1.74 bits per heavy atom. The molecule has 27 heavy (non-hydrogen) atoms. The second kappa shape index (κ2) is 8.68. The fourth-order valence-electron chi connectivity index (χ4n) is 2.81. The maximum absolute atomic E-state index is 12.5. The lowest BCUT2D eigenvalue weighted by Crippen LogP contribution is -2.21. The molecule has 1 heterocycles. The van der Waals surface area contributed by atoms with Crippen molar-refractivity contribution in [2.75, 3.05) is 30.4 Å². The zero-order valence-electron chi connectivity index (χ0n) is 15.7. The Kier molecular flexibility index (Phi) is 6.08. The molecule has 0 aliphatic rings. The van der Waals surface area contributed by atoms with Gasteiger partial charge in [0.05, 0.1) is 12.8 Å². The maximum atomic E-state index is 12.5. The Morgan fingerprint density at radius 1 is 1.07 bits per heavy atom. The van der Waals surface area contributed by atoms with E-state index in [-0.39, 0.29) is 5.91 Å². The van der Waals surface area contributed by atoms with Gasteiger partial charge in [0.2, 0.25) is 0 Å². The summed E-state index contributed by atoms with van der Waals surface area (Å²) in [6, 6.07) is 15.3. The number of rotatable bonds is 7. The zero-order valence-corrected chi connectivity index (χ0v) is 16.5. The smallest absolute Gasteiger partial charge is 0.257 e. The number of amides is 1. The number of thiazole rings is 1. The highest BCUT2D eigenvalue weighted by molar-refractivity contribution is 7.14. The predicted octanol–water partition coefficient (Wildman–Crippen LogP) is 4.92. The zero-order chi connectivity index (χ0) is 19.2. The SMILES string of the molecule is CCN(CC)c1ccc(C(=O)Nc2nc(-c3ccc(OC)cc3)cs2)cc1. The van der Waals surface area contributed by atoms with Gasteiger partial charge in [-0.25, -0.2) is 4.98 Å². The molecule has 0 bridgehead atoms. The van der Waals surface area contributed by atoms with Crippen LogP contribution in [0.15, 0.2) is 53.9 Å². The molecule has 6 heteroatoms. The Bertz CT molecular complexity index is 885. The lowest BCUT2D eigenvalue weighted by molar-refractivity contribution is 0.102. The second-order valence-electron chi connectivity index (χ2n) is 5.94. The first kappa shape index (κ1) is 18.9. The second-order valence-corrected chi connectivity index (χ2v) is 6.80. The fourth-order valence-corrected chi connectivity index (χ4v) is 3.52. The largest absolute Gasteiger partial charge is 0.497 e. The standard InChI is InChI=1S/C21H23N3O2S/c1-4-24(5-2)17-10-6-16(7-11-17)20(25)23-21-22-19(14-27-21)15-8-12-18(26-3)13-9-15/h6-14H,4-5H2,1-3H3,(H,22,23,25). The molecule has 3 rings (SSSR count). The van der Waals surface area contributed by atoms with Gasteiger partial charge >= 0.3 is 0 Å². The average Bonchev–Trinajstić information content (AvgIpc) is 3.18. The number of methoxy groups -OCH3 is 1.